The van der Waals surface area contributed by atoms with Crippen LogP contribution in [0, 0.1) is 0 Å². The lowest BCUT2D eigenvalue weighted by atomic mass is 10.0. The molecule has 118 valence electrons. The van der Waals surface area contributed by atoms with E-state index in [9.17, 15) is 4.79 Å². The van der Waals surface area contributed by atoms with E-state index in [4.69, 9.17) is 45.6 Å². The van der Waals surface area contributed by atoms with Gasteiger partial charge in [0.25, 0.3) is 0 Å². The molecule has 0 radical (unpaired) electrons. The third kappa shape index (κ3) is 6.30. The average molecular weight is 354 g/mol. The minimum absolute atomic E-state index is 0.0897. The number of nitrogens with zero attached hydrogens (tertiary/aromatic N) is 1. The molecule has 0 aliphatic heterocycles. The summed E-state index contributed by atoms with van der Waals surface area (Å²) in [5.74, 6) is 0.0708. The Labute approximate surface area is 139 Å². The van der Waals surface area contributed by atoms with Crippen molar-refractivity contribution in [3.63, 3.8) is 0 Å². The van der Waals surface area contributed by atoms with Gasteiger partial charge in [0.15, 0.2) is 0 Å². The number of aliphatic carboxylic acids is 1. The third-order valence-electron chi connectivity index (χ3n) is 3.02. The van der Waals surface area contributed by atoms with E-state index in [-0.39, 0.29) is 6.42 Å². The Kier molecular flexibility index (Phi) is 8.19. The number of anilines is 1. The fraction of sp³-hybridized carbons (Fsp3) is 0.500. The van der Waals surface area contributed by atoms with Gasteiger partial charge in [-0.2, -0.15) is 0 Å². The maximum Gasteiger partial charge on any atom is 0.304 e. The highest BCUT2D eigenvalue weighted by atomic mass is 35.5. The monoisotopic (exact) mass is 352 g/mol. The largest absolute Gasteiger partial charge is 0.481 e. The molecule has 7 heteroatoms. The first-order chi connectivity index (χ1) is 9.97. The summed E-state index contributed by atoms with van der Waals surface area (Å²) in [6, 6.07) is 5.14. The maximum atomic E-state index is 10.7. The lowest BCUT2D eigenvalue weighted by Gasteiger charge is -2.24. The van der Waals surface area contributed by atoms with Gasteiger partial charge >= 0.3 is 5.97 Å². The summed E-state index contributed by atoms with van der Waals surface area (Å²) in [5, 5.41) is 9.34. The predicted molar refractivity (Wildman–Crippen MR) is 89.0 cm³/mol. The molecule has 0 saturated heterocycles. The first kappa shape index (κ1) is 18.4. The molecule has 0 fully saturated rings. The number of alkyl halides is 2. The lowest BCUT2D eigenvalue weighted by molar-refractivity contribution is -0.137. The van der Waals surface area contributed by atoms with Crippen molar-refractivity contribution in [3.05, 3.63) is 28.8 Å². The van der Waals surface area contributed by atoms with Gasteiger partial charge in [0.1, 0.15) is 0 Å². The smallest absolute Gasteiger partial charge is 0.304 e. The molecule has 4 nitrogen and oxygen atoms in total. The molecule has 0 aliphatic rings. The van der Waals surface area contributed by atoms with Crippen LogP contribution in [0.1, 0.15) is 12.0 Å². The third-order valence-corrected chi connectivity index (χ3v) is 3.73. The molecule has 0 bridgehead atoms. The molecule has 0 saturated carbocycles. The van der Waals surface area contributed by atoms with E-state index in [2.05, 4.69) is 4.90 Å². The second-order valence-electron chi connectivity index (χ2n) is 4.70. The summed E-state index contributed by atoms with van der Waals surface area (Å²) in [6.45, 7) is 1.35. The molecule has 21 heavy (non-hydrogen) atoms. The van der Waals surface area contributed by atoms with Crippen LogP contribution in [0.4, 0.5) is 5.69 Å². The number of hydrogen-bond donors (Lipinski definition) is 2. The number of hydrogen-bond acceptors (Lipinski definition) is 3. The normalized spacial score (nSPS) is 12.2. The lowest BCUT2D eigenvalue weighted by Crippen LogP contribution is -2.28. The summed E-state index contributed by atoms with van der Waals surface area (Å²) in [5.41, 5.74) is 7.61. The van der Waals surface area contributed by atoms with Gasteiger partial charge in [-0.1, -0.05) is 11.6 Å². The quantitative estimate of drug-likeness (QED) is 0.670. The Bertz CT molecular complexity index is 466. The molecule has 1 aromatic rings. The summed E-state index contributed by atoms with van der Waals surface area (Å²) in [6.07, 6.45) is 0.322. The summed E-state index contributed by atoms with van der Waals surface area (Å²) in [4.78, 5) is 12.7. The highest BCUT2D eigenvalue weighted by molar-refractivity contribution is 6.31. The van der Waals surface area contributed by atoms with Crippen LogP contribution in [0.3, 0.4) is 0 Å². The Morgan fingerprint density at radius 2 is 1.90 bits per heavy atom. The first-order valence-corrected chi connectivity index (χ1v) is 8.05. The van der Waals surface area contributed by atoms with Gasteiger partial charge in [-0.15, -0.1) is 23.2 Å². The molecular formula is C14H19Cl3N2O2. The number of benzene rings is 1. The second-order valence-corrected chi connectivity index (χ2v) is 5.87. The van der Waals surface area contributed by atoms with Crippen LogP contribution in [-0.4, -0.2) is 42.0 Å². The predicted octanol–water partition coefficient (Wildman–Crippen LogP) is 2.97. The van der Waals surface area contributed by atoms with Crippen LogP contribution in [-0.2, 0) is 11.2 Å². The molecule has 0 aliphatic carbocycles. The van der Waals surface area contributed by atoms with Gasteiger partial charge in [-0.25, -0.2) is 0 Å². The van der Waals surface area contributed by atoms with Crippen molar-refractivity contribution in [2.24, 2.45) is 5.73 Å². The van der Waals surface area contributed by atoms with E-state index >= 15 is 0 Å². The molecule has 0 heterocycles. The molecule has 0 aromatic heterocycles. The zero-order valence-corrected chi connectivity index (χ0v) is 13.8. The number of halogens is 3. The van der Waals surface area contributed by atoms with Crippen molar-refractivity contribution in [2.45, 2.75) is 18.9 Å². The van der Waals surface area contributed by atoms with Crippen molar-refractivity contribution in [2.75, 3.05) is 29.7 Å². The summed E-state index contributed by atoms with van der Waals surface area (Å²) < 4.78 is 0. The molecule has 0 spiro atoms. The van der Waals surface area contributed by atoms with Crippen LogP contribution >= 0.6 is 34.8 Å². The number of nitrogens with two attached hydrogens (primary N) is 1. The number of carboxylic acids is 1. The maximum absolute atomic E-state index is 10.7. The van der Waals surface area contributed by atoms with E-state index < -0.39 is 12.0 Å². The molecule has 1 aromatic carbocycles. The van der Waals surface area contributed by atoms with E-state index in [0.717, 1.165) is 11.3 Å². The SMILES string of the molecule is NC(CC(=O)O)Cc1cc(N(CCCl)CCCl)ccc1Cl. The standard InChI is InChI=1S/C14H19Cl3N2O2/c15-3-5-19(6-4-16)12-1-2-13(17)10(8-12)7-11(18)9-14(20)21/h1-2,8,11H,3-7,9,18H2,(H,20,21). The van der Waals surface area contributed by atoms with Gasteiger partial charge < -0.3 is 15.7 Å². The number of carboxylic acid groups (broad SMARTS) is 1. The molecule has 1 atom stereocenters. The van der Waals surface area contributed by atoms with E-state index in [1.807, 2.05) is 12.1 Å². The van der Waals surface area contributed by atoms with Crippen LogP contribution in [0.2, 0.25) is 5.02 Å². The van der Waals surface area contributed by atoms with Crippen LogP contribution in [0.15, 0.2) is 18.2 Å². The molecular weight excluding hydrogens is 335 g/mol. The Hall–Kier alpha value is -0.680. The Balaban J connectivity index is 2.89. The second kappa shape index (κ2) is 9.36. The summed E-state index contributed by atoms with van der Waals surface area (Å²) >= 11 is 17.8. The van der Waals surface area contributed by atoms with Crippen LogP contribution in [0.25, 0.3) is 0 Å². The van der Waals surface area contributed by atoms with Crippen molar-refractivity contribution in [1.82, 2.24) is 0 Å². The number of carbonyl (C=O) groups is 1. The van der Waals surface area contributed by atoms with Gasteiger partial charge in [0, 0.05) is 41.6 Å². The van der Waals surface area contributed by atoms with Gasteiger partial charge in [0.2, 0.25) is 0 Å². The first-order valence-electron chi connectivity index (χ1n) is 6.60. The fourth-order valence-corrected chi connectivity index (χ4v) is 2.67. The van der Waals surface area contributed by atoms with E-state index in [1.54, 1.807) is 6.07 Å². The number of rotatable bonds is 9. The van der Waals surface area contributed by atoms with Crippen molar-refractivity contribution < 1.29 is 9.90 Å². The van der Waals surface area contributed by atoms with Crippen LogP contribution < -0.4 is 10.6 Å². The highest BCUT2D eigenvalue weighted by Gasteiger charge is 2.13. The molecule has 3 N–H and O–H groups in total. The molecule has 1 rings (SSSR count). The summed E-state index contributed by atoms with van der Waals surface area (Å²) in [7, 11) is 0. The fourth-order valence-electron chi connectivity index (χ4n) is 2.07. The van der Waals surface area contributed by atoms with Crippen LogP contribution in [0.5, 0.6) is 0 Å². The molecule has 0 amide bonds. The van der Waals surface area contributed by atoms with E-state index in [0.29, 0.717) is 36.3 Å². The minimum atomic E-state index is -0.916. The highest BCUT2D eigenvalue weighted by Crippen LogP contribution is 2.25. The van der Waals surface area contributed by atoms with Crippen molar-refractivity contribution in [1.29, 1.82) is 0 Å². The molecule has 1 unspecified atom stereocenters. The Morgan fingerprint density at radius 1 is 1.29 bits per heavy atom. The van der Waals surface area contributed by atoms with Crippen molar-refractivity contribution >= 4 is 46.5 Å². The van der Waals surface area contributed by atoms with Gasteiger partial charge in [-0.05, 0) is 30.2 Å². The minimum Gasteiger partial charge on any atom is -0.481 e. The zero-order chi connectivity index (χ0) is 15.8. The van der Waals surface area contributed by atoms with Gasteiger partial charge in [0.05, 0.1) is 6.42 Å². The van der Waals surface area contributed by atoms with E-state index in [1.165, 1.54) is 0 Å². The zero-order valence-electron chi connectivity index (χ0n) is 11.6. The Morgan fingerprint density at radius 3 is 2.43 bits per heavy atom. The van der Waals surface area contributed by atoms with Crippen molar-refractivity contribution in [3.8, 4) is 0 Å². The van der Waals surface area contributed by atoms with Gasteiger partial charge in [-0.3, -0.25) is 4.79 Å². The average Bonchev–Trinajstić information content (AvgIpc) is 2.40. The topological polar surface area (TPSA) is 66.6 Å².